The Hall–Kier alpha value is -2.49. The second-order valence-corrected chi connectivity index (χ2v) is 4.88. The van der Waals surface area contributed by atoms with Crippen LogP contribution in [0.3, 0.4) is 0 Å². The number of aromatic hydroxyl groups is 1. The molecular weight excluding hydrogens is 252 g/mol. The molecule has 0 saturated carbocycles. The minimum Gasteiger partial charge on any atom is -0.507 e. The van der Waals surface area contributed by atoms with Gasteiger partial charge in [0.05, 0.1) is 5.56 Å². The fraction of sp³-hybridized carbons (Fsp3) is 0.188. The Morgan fingerprint density at radius 3 is 2.60 bits per heavy atom. The van der Waals surface area contributed by atoms with E-state index in [1.807, 2.05) is 25.1 Å². The van der Waals surface area contributed by atoms with Crippen molar-refractivity contribution in [2.24, 2.45) is 0 Å². The molecule has 4 nitrogen and oxygen atoms in total. The number of hydrogen-bond acceptors (Lipinski definition) is 3. The number of nitrogen functional groups attached to an aromatic ring is 1. The van der Waals surface area contributed by atoms with Gasteiger partial charge in [0.15, 0.2) is 0 Å². The molecule has 104 valence electrons. The Kier molecular flexibility index (Phi) is 3.94. The third-order valence-corrected chi connectivity index (χ3v) is 3.19. The van der Waals surface area contributed by atoms with E-state index in [2.05, 4.69) is 0 Å². The third kappa shape index (κ3) is 2.91. The highest BCUT2D eigenvalue weighted by Crippen LogP contribution is 2.21. The van der Waals surface area contributed by atoms with E-state index in [4.69, 9.17) is 5.73 Å². The zero-order chi connectivity index (χ0) is 14.7. The van der Waals surface area contributed by atoms with Crippen molar-refractivity contribution in [3.05, 3.63) is 59.2 Å². The molecule has 0 aliphatic rings. The van der Waals surface area contributed by atoms with E-state index in [0.29, 0.717) is 17.8 Å². The van der Waals surface area contributed by atoms with Crippen molar-refractivity contribution < 1.29 is 9.90 Å². The quantitative estimate of drug-likeness (QED) is 0.842. The summed E-state index contributed by atoms with van der Waals surface area (Å²) in [6.07, 6.45) is 0. The zero-order valence-corrected chi connectivity index (χ0v) is 11.6. The van der Waals surface area contributed by atoms with Crippen molar-refractivity contribution in [1.29, 1.82) is 0 Å². The first-order chi connectivity index (χ1) is 9.49. The van der Waals surface area contributed by atoms with Gasteiger partial charge in [-0.1, -0.05) is 24.3 Å². The molecule has 0 aromatic heterocycles. The molecular formula is C16H18N2O2. The maximum absolute atomic E-state index is 12.3. The SMILES string of the molecule is Cc1ccc(C(=O)N(C)Cc2ccccc2N)c(O)c1. The van der Waals surface area contributed by atoms with Crippen LogP contribution in [0.25, 0.3) is 0 Å². The number of aryl methyl sites for hydroxylation is 1. The van der Waals surface area contributed by atoms with Crippen LogP contribution in [0.2, 0.25) is 0 Å². The lowest BCUT2D eigenvalue weighted by Gasteiger charge is -2.19. The van der Waals surface area contributed by atoms with Crippen LogP contribution in [0.5, 0.6) is 5.75 Å². The third-order valence-electron chi connectivity index (χ3n) is 3.19. The Labute approximate surface area is 118 Å². The van der Waals surface area contributed by atoms with Crippen LogP contribution in [0.4, 0.5) is 5.69 Å². The summed E-state index contributed by atoms with van der Waals surface area (Å²) in [4.78, 5) is 13.9. The Balaban J connectivity index is 2.19. The molecule has 0 atom stereocenters. The minimum absolute atomic E-state index is 0.00267. The summed E-state index contributed by atoms with van der Waals surface area (Å²) in [6, 6.07) is 12.4. The van der Waals surface area contributed by atoms with E-state index in [0.717, 1.165) is 11.1 Å². The molecule has 0 unspecified atom stereocenters. The van der Waals surface area contributed by atoms with Gasteiger partial charge in [-0.15, -0.1) is 0 Å². The van der Waals surface area contributed by atoms with Gasteiger partial charge in [-0.05, 0) is 36.2 Å². The smallest absolute Gasteiger partial charge is 0.257 e. The summed E-state index contributed by atoms with van der Waals surface area (Å²) in [6.45, 7) is 2.27. The average molecular weight is 270 g/mol. The fourth-order valence-corrected chi connectivity index (χ4v) is 2.03. The number of nitrogens with zero attached hydrogens (tertiary/aromatic N) is 1. The van der Waals surface area contributed by atoms with Crippen molar-refractivity contribution in [3.63, 3.8) is 0 Å². The molecule has 0 bridgehead atoms. The van der Waals surface area contributed by atoms with Gasteiger partial charge in [0.1, 0.15) is 5.75 Å². The van der Waals surface area contributed by atoms with Gasteiger partial charge in [-0.3, -0.25) is 4.79 Å². The van der Waals surface area contributed by atoms with Crippen molar-refractivity contribution in [2.45, 2.75) is 13.5 Å². The maximum Gasteiger partial charge on any atom is 0.257 e. The van der Waals surface area contributed by atoms with Crippen LogP contribution in [0.1, 0.15) is 21.5 Å². The lowest BCUT2D eigenvalue weighted by Crippen LogP contribution is -2.26. The first-order valence-corrected chi connectivity index (χ1v) is 6.37. The molecule has 0 radical (unpaired) electrons. The van der Waals surface area contributed by atoms with Crippen LogP contribution >= 0.6 is 0 Å². The summed E-state index contributed by atoms with van der Waals surface area (Å²) < 4.78 is 0. The molecule has 0 saturated heterocycles. The van der Waals surface area contributed by atoms with Gasteiger partial charge < -0.3 is 15.7 Å². The normalized spacial score (nSPS) is 10.3. The molecule has 4 heteroatoms. The summed E-state index contributed by atoms with van der Waals surface area (Å²) >= 11 is 0. The molecule has 1 amide bonds. The number of rotatable bonds is 3. The molecule has 2 rings (SSSR count). The standard InChI is InChI=1S/C16H18N2O2/c1-11-7-8-13(15(19)9-11)16(20)18(2)10-12-5-3-4-6-14(12)17/h3-9,19H,10,17H2,1-2H3. The Morgan fingerprint density at radius 2 is 1.95 bits per heavy atom. The average Bonchev–Trinajstić information content (AvgIpc) is 2.40. The van der Waals surface area contributed by atoms with Gasteiger partial charge in [0.25, 0.3) is 5.91 Å². The van der Waals surface area contributed by atoms with Crippen molar-refractivity contribution in [1.82, 2.24) is 4.90 Å². The van der Waals surface area contributed by atoms with E-state index in [-0.39, 0.29) is 11.7 Å². The van der Waals surface area contributed by atoms with Crippen molar-refractivity contribution in [3.8, 4) is 5.75 Å². The Bertz CT molecular complexity index is 638. The highest BCUT2D eigenvalue weighted by Gasteiger charge is 2.16. The molecule has 0 aliphatic heterocycles. The van der Waals surface area contributed by atoms with Gasteiger partial charge in [0, 0.05) is 19.3 Å². The predicted octanol–water partition coefficient (Wildman–Crippen LogP) is 2.56. The van der Waals surface area contributed by atoms with Crippen LogP contribution in [-0.4, -0.2) is 23.0 Å². The van der Waals surface area contributed by atoms with E-state index < -0.39 is 0 Å². The zero-order valence-electron chi connectivity index (χ0n) is 11.6. The van der Waals surface area contributed by atoms with E-state index in [1.165, 1.54) is 4.90 Å². The first kappa shape index (κ1) is 13.9. The second-order valence-electron chi connectivity index (χ2n) is 4.88. The molecule has 3 N–H and O–H groups in total. The van der Waals surface area contributed by atoms with Gasteiger partial charge in [-0.2, -0.15) is 0 Å². The van der Waals surface area contributed by atoms with E-state index in [9.17, 15) is 9.90 Å². The second kappa shape index (κ2) is 5.65. The molecule has 2 aromatic carbocycles. The molecule has 20 heavy (non-hydrogen) atoms. The predicted molar refractivity (Wildman–Crippen MR) is 79.5 cm³/mol. The van der Waals surface area contributed by atoms with E-state index in [1.54, 1.807) is 31.3 Å². The van der Waals surface area contributed by atoms with Crippen LogP contribution in [-0.2, 0) is 6.54 Å². The summed E-state index contributed by atoms with van der Waals surface area (Å²) in [5, 5.41) is 9.86. The number of carbonyl (C=O) groups is 1. The number of hydrogen-bond donors (Lipinski definition) is 2. The lowest BCUT2D eigenvalue weighted by atomic mass is 10.1. The fourth-order valence-electron chi connectivity index (χ4n) is 2.03. The number of nitrogens with two attached hydrogens (primary N) is 1. The first-order valence-electron chi connectivity index (χ1n) is 6.37. The summed E-state index contributed by atoms with van der Waals surface area (Å²) in [5.41, 5.74) is 8.62. The maximum atomic E-state index is 12.3. The number of benzene rings is 2. The van der Waals surface area contributed by atoms with Crippen LogP contribution in [0, 0.1) is 6.92 Å². The summed E-state index contributed by atoms with van der Waals surface area (Å²) in [7, 11) is 1.69. The van der Waals surface area contributed by atoms with Crippen molar-refractivity contribution in [2.75, 3.05) is 12.8 Å². The monoisotopic (exact) mass is 270 g/mol. The molecule has 0 spiro atoms. The number of amides is 1. The summed E-state index contributed by atoms with van der Waals surface area (Å²) in [5.74, 6) is -0.228. The topological polar surface area (TPSA) is 66.6 Å². The van der Waals surface area contributed by atoms with Crippen LogP contribution < -0.4 is 5.73 Å². The number of anilines is 1. The Morgan fingerprint density at radius 1 is 1.25 bits per heavy atom. The number of para-hydroxylation sites is 1. The van der Waals surface area contributed by atoms with Gasteiger partial charge >= 0.3 is 0 Å². The highest BCUT2D eigenvalue weighted by atomic mass is 16.3. The van der Waals surface area contributed by atoms with Gasteiger partial charge in [-0.25, -0.2) is 0 Å². The van der Waals surface area contributed by atoms with Crippen LogP contribution in [0.15, 0.2) is 42.5 Å². The van der Waals surface area contributed by atoms with Crippen molar-refractivity contribution >= 4 is 11.6 Å². The molecule has 0 aliphatic carbocycles. The lowest BCUT2D eigenvalue weighted by molar-refractivity contribution is 0.0782. The number of phenols is 1. The minimum atomic E-state index is -0.231. The molecule has 0 fully saturated rings. The molecule has 0 heterocycles. The van der Waals surface area contributed by atoms with E-state index >= 15 is 0 Å². The van der Waals surface area contributed by atoms with Gasteiger partial charge in [0.2, 0.25) is 0 Å². The highest BCUT2D eigenvalue weighted by molar-refractivity contribution is 5.96. The largest absolute Gasteiger partial charge is 0.507 e. The number of carbonyl (C=O) groups excluding carboxylic acids is 1. The number of phenolic OH excluding ortho intramolecular Hbond substituents is 1. The molecule has 2 aromatic rings.